The van der Waals surface area contributed by atoms with Gasteiger partial charge in [0, 0.05) is 19.0 Å². The summed E-state index contributed by atoms with van der Waals surface area (Å²) in [6.07, 6.45) is 1.65. The van der Waals surface area contributed by atoms with E-state index in [1.165, 1.54) is 0 Å². The number of nitrogens with zero attached hydrogens (tertiary/aromatic N) is 2. The van der Waals surface area contributed by atoms with Gasteiger partial charge in [0.1, 0.15) is 0 Å². The Kier molecular flexibility index (Phi) is 2.27. The third-order valence-electron chi connectivity index (χ3n) is 3.26. The summed E-state index contributed by atoms with van der Waals surface area (Å²) in [7, 11) is 3.80. The monoisotopic (exact) mass is 198 g/mol. The molecule has 1 heterocycles. The minimum absolute atomic E-state index is 0.184. The molecular formula is C10H18N2O2. The number of aliphatic hydroxyl groups is 1. The molecule has 1 aliphatic heterocycles. The second-order valence-electron chi connectivity index (χ2n) is 4.83. The summed E-state index contributed by atoms with van der Waals surface area (Å²) in [6.45, 7) is 1.95. The Labute approximate surface area is 84.5 Å². The number of hydrogen-bond acceptors (Lipinski definition) is 3. The summed E-state index contributed by atoms with van der Waals surface area (Å²) in [5.74, 6) is 0.534. The molecule has 2 rings (SSSR count). The van der Waals surface area contributed by atoms with Gasteiger partial charge in [0.25, 0.3) is 0 Å². The van der Waals surface area contributed by atoms with Gasteiger partial charge in [-0.05, 0) is 26.9 Å². The molecule has 4 heteroatoms. The predicted molar refractivity (Wildman–Crippen MR) is 52.8 cm³/mol. The molecule has 0 unspecified atom stereocenters. The molecule has 1 amide bonds. The highest BCUT2D eigenvalue weighted by Crippen LogP contribution is 2.49. The van der Waals surface area contributed by atoms with E-state index in [1.54, 1.807) is 0 Å². The van der Waals surface area contributed by atoms with Crippen LogP contribution in [0, 0.1) is 5.92 Å². The van der Waals surface area contributed by atoms with Crippen LogP contribution in [-0.2, 0) is 4.79 Å². The second kappa shape index (κ2) is 3.21. The predicted octanol–water partition coefficient (Wildman–Crippen LogP) is -0.469. The summed E-state index contributed by atoms with van der Waals surface area (Å²) < 4.78 is 0. The van der Waals surface area contributed by atoms with E-state index in [2.05, 4.69) is 0 Å². The second-order valence-corrected chi connectivity index (χ2v) is 4.83. The number of rotatable bonds is 2. The van der Waals surface area contributed by atoms with E-state index in [4.69, 9.17) is 0 Å². The van der Waals surface area contributed by atoms with Crippen molar-refractivity contribution < 1.29 is 9.90 Å². The van der Waals surface area contributed by atoms with Gasteiger partial charge in [-0.3, -0.25) is 4.79 Å². The SMILES string of the molecule is CN(C)CC(=O)N1CC[C@@]2(O)C[C@H]2C1. The number of hydrogen-bond donors (Lipinski definition) is 1. The summed E-state index contributed by atoms with van der Waals surface area (Å²) in [4.78, 5) is 15.4. The van der Waals surface area contributed by atoms with E-state index in [9.17, 15) is 9.90 Å². The molecule has 0 spiro atoms. The fourth-order valence-corrected chi connectivity index (χ4v) is 2.19. The Balaban J connectivity index is 1.85. The van der Waals surface area contributed by atoms with Crippen molar-refractivity contribution in [3.05, 3.63) is 0 Å². The number of carbonyl (C=O) groups excluding carboxylic acids is 1. The van der Waals surface area contributed by atoms with Gasteiger partial charge in [0.2, 0.25) is 5.91 Å². The fourth-order valence-electron chi connectivity index (χ4n) is 2.19. The molecule has 14 heavy (non-hydrogen) atoms. The first kappa shape index (κ1) is 9.93. The average molecular weight is 198 g/mol. The van der Waals surface area contributed by atoms with Crippen LogP contribution in [0.4, 0.5) is 0 Å². The van der Waals surface area contributed by atoms with Crippen LogP contribution in [0.15, 0.2) is 0 Å². The number of piperidine rings is 1. The number of amides is 1. The molecule has 2 aliphatic rings. The summed E-state index contributed by atoms with van der Waals surface area (Å²) in [6, 6.07) is 0. The molecule has 2 atom stereocenters. The fraction of sp³-hybridized carbons (Fsp3) is 0.900. The zero-order valence-electron chi connectivity index (χ0n) is 8.86. The molecule has 0 aromatic rings. The van der Waals surface area contributed by atoms with Gasteiger partial charge in [-0.15, -0.1) is 0 Å². The van der Waals surface area contributed by atoms with Crippen molar-refractivity contribution in [2.24, 2.45) is 5.92 Å². The van der Waals surface area contributed by atoms with Crippen molar-refractivity contribution in [1.82, 2.24) is 9.80 Å². The minimum Gasteiger partial charge on any atom is -0.389 e. The topological polar surface area (TPSA) is 43.8 Å². The molecule has 2 fully saturated rings. The quantitative estimate of drug-likeness (QED) is 0.652. The molecular weight excluding hydrogens is 180 g/mol. The number of likely N-dealkylation sites (N-methyl/N-ethyl adjacent to an activating group) is 1. The van der Waals surface area contributed by atoms with E-state index >= 15 is 0 Å². The third kappa shape index (κ3) is 1.77. The average Bonchev–Trinajstić information content (AvgIpc) is 2.73. The minimum atomic E-state index is -0.408. The molecule has 0 radical (unpaired) electrons. The summed E-state index contributed by atoms with van der Waals surface area (Å²) in [5.41, 5.74) is -0.408. The highest BCUT2D eigenvalue weighted by atomic mass is 16.3. The number of likely N-dealkylation sites (tertiary alicyclic amines) is 1. The lowest BCUT2D eigenvalue weighted by Crippen LogP contribution is -2.44. The number of fused-ring (bicyclic) bond motifs is 1. The van der Waals surface area contributed by atoms with E-state index in [0.29, 0.717) is 12.5 Å². The first-order valence-corrected chi connectivity index (χ1v) is 5.16. The maximum absolute atomic E-state index is 11.7. The van der Waals surface area contributed by atoms with Gasteiger partial charge in [0.15, 0.2) is 0 Å². The molecule has 1 aliphatic carbocycles. The highest BCUT2D eigenvalue weighted by molar-refractivity contribution is 5.78. The Morgan fingerprint density at radius 1 is 1.64 bits per heavy atom. The van der Waals surface area contributed by atoms with Gasteiger partial charge in [-0.2, -0.15) is 0 Å². The molecule has 0 aromatic carbocycles. The normalized spacial score (nSPS) is 35.7. The van der Waals surface area contributed by atoms with Crippen LogP contribution in [0.3, 0.4) is 0 Å². The van der Waals surface area contributed by atoms with E-state index in [1.807, 2.05) is 23.9 Å². The van der Waals surface area contributed by atoms with Crippen LogP contribution in [0.1, 0.15) is 12.8 Å². The van der Waals surface area contributed by atoms with Crippen molar-refractivity contribution in [3.63, 3.8) is 0 Å². The first-order chi connectivity index (χ1) is 6.51. The maximum Gasteiger partial charge on any atom is 0.236 e. The van der Waals surface area contributed by atoms with Crippen LogP contribution >= 0.6 is 0 Å². The first-order valence-electron chi connectivity index (χ1n) is 5.16. The van der Waals surface area contributed by atoms with Crippen LogP contribution in [0.2, 0.25) is 0 Å². The zero-order chi connectivity index (χ0) is 10.3. The Hall–Kier alpha value is -0.610. The van der Waals surface area contributed by atoms with Crippen molar-refractivity contribution in [3.8, 4) is 0 Å². The molecule has 1 saturated carbocycles. The molecule has 1 saturated heterocycles. The third-order valence-corrected chi connectivity index (χ3v) is 3.26. The molecule has 1 N–H and O–H groups in total. The van der Waals surface area contributed by atoms with Crippen molar-refractivity contribution in [2.75, 3.05) is 33.7 Å². The van der Waals surface area contributed by atoms with Crippen LogP contribution in [-0.4, -0.2) is 60.1 Å². The van der Waals surface area contributed by atoms with Gasteiger partial charge < -0.3 is 14.9 Å². The maximum atomic E-state index is 11.7. The van der Waals surface area contributed by atoms with Crippen molar-refractivity contribution >= 4 is 5.91 Å². The van der Waals surface area contributed by atoms with Gasteiger partial charge in [-0.25, -0.2) is 0 Å². The van der Waals surface area contributed by atoms with E-state index in [-0.39, 0.29) is 5.91 Å². The van der Waals surface area contributed by atoms with Crippen LogP contribution < -0.4 is 0 Å². The molecule has 0 bridgehead atoms. The lowest BCUT2D eigenvalue weighted by atomic mass is 10.1. The molecule has 4 nitrogen and oxygen atoms in total. The molecule has 0 aromatic heterocycles. The van der Waals surface area contributed by atoms with E-state index in [0.717, 1.165) is 25.9 Å². The Bertz CT molecular complexity index is 255. The Morgan fingerprint density at radius 3 is 2.93 bits per heavy atom. The van der Waals surface area contributed by atoms with Gasteiger partial charge >= 0.3 is 0 Å². The smallest absolute Gasteiger partial charge is 0.236 e. The lowest BCUT2D eigenvalue weighted by molar-refractivity contribution is -0.133. The van der Waals surface area contributed by atoms with Crippen molar-refractivity contribution in [1.29, 1.82) is 0 Å². The van der Waals surface area contributed by atoms with Crippen LogP contribution in [0.25, 0.3) is 0 Å². The molecule has 80 valence electrons. The lowest BCUT2D eigenvalue weighted by Gasteiger charge is -2.30. The Morgan fingerprint density at radius 2 is 2.36 bits per heavy atom. The van der Waals surface area contributed by atoms with Crippen molar-refractivity contribution in [2.45, 2.75) is 18.4 Å². The number of carbonyl (C=O) groups is 1. The summed E-state index contributed by atoms with van der Waals surface area (Å²) in [5, 5.41) is 9.78. The zero-order valence-corrected chi connectivity index (χ0v) is 8.86. The van der Waals surface area contributed by atoms with E-state index < -0.39 is 5.60 Å². The summed E-state index contributed by atoms with van der Waals surface area (Å²) >= 11 is 0. The largest absolute Gasteiger partial charge is 0.389 e. The standard InChI is InChI=1S/C10H18N2O2/c1-11(2)7-9(13)12-4-3-10(14)5-8(10)6-12/h8,14H,3-7H2,1-2H3/t8-,10+/m0/s1. The van der Waals surface area contributed by atoms with Gasteiger partial charge in [-0.1, -0.05) is 0 Å². The van der Waals surface area contributed by atoms with Crippen LogP contribution in [0.5, 0.6) is 0 Å². The highest BCUT2D eigenvalue weighted by Gasteiger charge is 2.55. The van der Waals surface area contributed by atoms with Gasteiger partial charge in [0.05, 0.1) is 12.1 Å².